The predicted molar refractivity (Wildman–Crippen MR) is 73.6 cm³/mol. The number of aryl methyl sites for hydroxylation is 1. The minimum atomic E-state index is 0.371. The van der Waals surface area contributed by atoms with Crippen molar-refractivity contribution >= 4 is 17.2 Å². The topological polar surface area (TPSA) is 20.6 Å². The van der Waals surface area contributed by atoms with Gasteiger partial charge in [-0.2, -0.15) is 0 Å². The Balaban J connectivity index is 2.16. The molecule has 1 N–H and O–H groups in total. The van der Waals surface area contributed by atoms with E-state index in [9.17, 15) is 0 Å². The molecule has 0 radical (unpaired) electrons. The van der Waals surface area contributed by atoms with Crippen molar-refractivity contribution in [1.29, 1.82) is 0 Å². The van der Waals surface area contributed by atoms with Gasteiger partial charge in [0.1, 0.15) is 0 Å². The molecule has 2 unspecified atom stereocenters. The van der Waals surface area contributed by atoms with Crippen molar-refractivity contribution in [2.45, 2.75) is 20.0 Å². The largest absolute Gasteiger partial charge is 0.282 e. The van der Waals surface area contributed by atoms with Gasteiger partial charge in [0.25, 0.3) is 0 Å². The molecule has 0 aliphatic carbocycles. The van der Waals surface area contributed by atoms with Crippen molar-refractivity contribution in [3.8, 4) is 0 Å². The predicted octanol–water partition coefficient (Wildman–Crippen LogP) is 2.03. The van der Waals surface area contributed by atoms with Gasteiger partial charge in [-0.25, -0.2) is 4.98 Å². The van der Waals surface area contributed by atoms with Crippen LogP contribution in [0.1, 0.15) is 12.5 Å². The second kappa shape index (κ2) is 4.10. The number of para-hydroxylation sites is 1. The maximum absolute atomic E-state index is 4.56. The highest BCUT2D eigenvalue weighted by atomic mass is 15.4. The van der Waals surface area contributed by atoms with Gasteiger partial charge in [-0.1, -0.05) is 18.2 Å². The Bertz CT molecular complexity index is 579. The normalized spacial score (nSPS) is 22.1. The zero-order chi connectivity index (χ0) is 12.7. The molecule has 1 aromatic heterocycles. The number of pyridine rings is 1. The highest BCUT2D eigenvalue weighted by molar-refractivity contribution is 5.72. The summed E-state index contributed by atoms with van der Waals surface area (Å²) < 4.78 is 0. The van der Waals surface area contributed by atoms with E-state index in [1.54, 1.807) is 0 Å². The van der Waals surface area contributed by atoms with Crippen LogP contribution in [0.4, 0.5) is 17.2 Å². The highest BCUT2D eigenvalue weighted by Crippen LogP contribution is 2.34. The van der Waals surface area contributed by atoms with E-state index in [1.807, 2.05) is 12.3 Å². The monoisotopic (exact) mass is 240 g/mol. The Kier molecular flexibility index (Phi) is 2.56. The summed E-state index contributed by atoms with van der Waals surface area (Å²) in [7, 11) is 2.20. The Hall–Kier alpha value is -1.87. The molecular formula is C15H18N3+. The van der Waals surface area contributed by atoms with E-state index in [0.717, 1.165) is 5.82 Å². The third kappa shape index (κ3) is 1.51. The van der Waals surface area contributed by atoms with Crippen LogP contribution in [0.25, 0.3) is 0 Å². The molecule has 18 heavy (non-hydrogen) atoms. The van der Waals surface area contributed by atoms with Crippen LogP contribution in [0, 0.1) is 6.92 Å². The third-order valence-electron chi connectivity index (χ3n) is 3.83. The second-order valence-electron chi connectivity index (χ2n) is 4.89. The number of aromatic nitrogens is 1. The van der Waals surface area contributed by atoms with E-state index in [-0.39, 0.29) is 0 Å². The van der Waals surface area contributed by atoms with E-state index < -0.39 is 0 Å². The van der Waals surface area contributed by atoms with Gasteiger partial charge < -0.3 is 0 Å². The van der Waals surface area contributed by atoms with E-state index in [1.165, 1.54) is 21.8 Å². The summed E-state index contributed by atoms with van der Waals surface area (Å²) >= 11 is 0. The Morgan fingerprint density at radius 2 is 1.94 bits per heavy atom. The molecule has 3 nitrogen and oxygen atoms in total. The number of benzene rings is 1. The Morgan fingerprint density at radius 1 is 1.17 bits per heavy atom. The first-order valence-electron chi connectivity index (χ1n) is 6.34. The molecule has 2 heterocycles. The maximum atomic E-state index is 4.56. The van der Waals surface area contributed by atoms with E-state index in [2.05, 4.69) is 61.1 Å². The van der Waals surface area contributed by atoms with Crippen LogP contribution in [0.3, 0.4) is 0 Å². The van der Waals surface area contributed by atoms with Gasteiger partial charge in [-0.05, 0) is 24.6 Å². The summed E-state index contributed by atoms with van der Waals surface area (Å²) in [4.78, 5) is 8.29. The van der Waals surface area contributed by atoms with Gasteiger partial charge in [-0.3, -0.25) is 9.80 Å². The molecule has 1 aliphatic heterocycles. The average Bonchev–Trinajstić information content (AvgIpc) is 2.64. The summed E-state index contributed by atoms with van der Waals surface area (Å²) in [5, 5.41) is 0. The van der Waals surface area contributed by atoms with Crippen molar-refractivity contribution in [2.75, 3.05) is 11.9 Å². The van der Waals surface area contributed by atoms with Crippen LogP contribution in [0.2, 0.25) is 0 Å². The van der Waals surface area contributed by atoms with Crippen LogP contribution in [-0.4, -0.2) is 18.2 Å². The molecule has 0 amide bonds. The zero-order valence-corrected chi connectivity index (χ0v) is 11.0. The van der Waals surface area contributed by atoms with Crippen LogP contribution in [0.5, 0.6) is 0 Å². The molecule has 2 atom stereocenters. The third-order valence-corrected chi connectivity index (χ3v) is 3.83. The first-order chi connectivity index (χ1) is 8.70. The molecule has 0 fully saturated rings. The summed E-state index contributed by atoms with van der Waals surface area (Å²) in [5.41, 5.74) is 3.81. The number of quaternary nitrogens is 1. The lowest BCUT2D eigenvalue weighted by Gasteiger charge is -2.24. The molecule has 92 valence electrons. The molecule has 1 aromatic carbocycles. The lowest BCUT2D eigenvalue weighted by atomic mass is 10.2. The Labute approximate surface area is 108 Å². The van der Waals surface area contributed by atoms with E-state index in [4.69, 9.17) is 0 Å². The first kappa shape index (κ1) is 11.2. The number of rotatable bonds is 1. The standard InChI is InChI=1S/C15H17N3/c1-11-7-4-5-8-13(11)18-12(2)17(3)14-9-6-10-16-15(14)18/h4-10,12H,1-3H3/p+1. The lowest BCUT2D eigenvalue weighted by Crippen LogP contribution is -3.07. The average molecular weight is 240 g/mol. The van der Waals surface area contributed by atoms with Crippen LogP contribution in [-0.2, 0) is 0 Å². The first-order valence-corrected chi connectivity index (χ1v) is 6.34. The number of hydrogen-bond acceptors (Lipinski definition) is 2. The van der Waals surface area contributed by atoms with Gasteiger partial charge in [0, 0.05) is 19.2 Å². The molecule has 0 bridgehead atoms. The molecule has 2 aromatic rings. The number of anilines is 2. The van der Waals surface area contributed by atoms with Crippen molar-refractivity contribution in [2.24, 2.45) is 0 Å². The Morgan fingerprint density at radius 3 is 2.72 bits per heavy atom. The van der Waals surface area contributed by atoms with Gasteiger partial charge in [0.15, 0.2) is 17.7 Å². The molecule has 0 saturated carbocycles. The lowest BCUT2D eigenvalue weighted by molar-refractivity contribution is -0.828. The SMILES string of the molecule is Cc1ccccc1N1c2ncccc2[NH+](C)C1C. The summed E-state index contributed by atoms with van der Waals surface area (Å²) in [6.07, 6.45) is 2.24. The number of nitrogens with one attached hydrogen (secondary N) is 1. The smallest absolute Gasteiger partial charge is 0.200 e. The van der Waals surface area contributed by atoms with Gasteiger partial charge in [0.2, 0.25) is 0 Å². The second-order valence-corrected chi connectivity index (χ2v) is 4.89. The molecule has 0 spiro atoms. The molecule has 0 saturated heterocycles. The van der Waals surface area contributed by atoms with Gasteiger partial charge >= 0.3 is 0 Å². The fourth-order valence-corrected chi connectivity index (χ4v) is 2.66. The summed E-state index contributed by atoms with van der Waals surface area (Å²) in [5.74, 6) is 1.08. The minimum absolute atomic E-state index is 0.371. The quantitative estimate of drug-likeness (QED) is 0.823. The molecule has 3 rings (SSSR count). The van der Waals surface area contributed by atoms with Gasteiger partial charge in [0.05, 0.1) is 12.7 Å². The molecular weight excluding hydrogens is 222 g/mol. The number of hydrogen-bond donors (Lipinski definition) is 1. The van der Waals surface area contributed by atoms with Crippen LogP contribution < -0.4 is 9.80 Å². The summed E-state index contributed by atoms with van der Waals surface area (Å²) in [6, 6.07) is 12.7. The minimum Gasteiger partial charge on any atom is -0.282 e. The van der Waals surface area contributed by atoms with E-state index >= 15 is 0 Å². The van der Waals surface area contributed by atoms with Crippen LogP contribution >= 0.6 is 0 Å². The summed E-state index contributed by atoms with van der Waals surface area (Å²) in [6.45, 7) is 4.39. The maximum Gasteiger partial charge on any atom is 0.200 e. The fraction of sp³-hybridized carbons (Fsp3) is 0.267. The van der Waals surface area contributed by atoms with Crippen molar-refractivity contribution in [1.82, 2.24) is 4.98 Å². The zero-order valence-electron chi connectivity index (χ0n) is 11.0. The molecule has 3 heteroatoms. The van der Waals surface area contributed by atoms with Crippen molar-refractivity contribution in [3.63, 3.8) is 0 Å². The van der Waals surface area contributed by atoms with Crippen molar-refractivity contribution < 1.29 is 4.90 Å². The fourth-order valence-electron chi connectivity index (χ4n) is 2.66. The van der Waals surface area contributed by atoms with E-state index in [0.29, 0.717) is 6.17 Å². The number of fused-ring (bicyclic) bond motifs is 1. The highest BCUT2D eigenvalue weighted by Gasteiger charge is 2.37. The van der Waals surface area contributed by atoms with Gasteiger partial charge in [-0.15, -0.1) is 0 Å². The van der Waals surface area contributed by atoms with Crippen molar-refractivity contribution in [3.05, 3.63) is 48.2 Å². The van der Waals surface area contributed by atoms with Crippen LogP contribution in [0.15, 0.2) is 42.6 Å². The number of nitrogens with zero attached hydrogens (tertiary/aromatic N) is 2. The molecule has 1 aliphatic rings.